The number of aromatic hydroxyl groups is 1. The first-order valence-corrected chi connectivity index (χ1v) is 9.90. The van der Waals surface area contributed by atoms with Crippen molar-refractivity contribution in [2.24, 2.45) is 0 Å². The number of rotatable bonds is 10. The quantitative estimate of drug-likeness (QED) is 0.308. The lowest BCUT2D eigenvalue weighted by molar-refractivity contribution is 0.477. The molecule has 0 radical (unpaired) electrons. The molecule has 7 nitrogen and oxygen atoms in total. The molecule has 2 rings (SSSR count). The summed E-state index contributed by atoms with van der Waals surface area (Å²) in [4.78, 5) is 13.1. The van der Waals surface area contributed by atoms with E-state index >= 15 is 0 Å². The van der Waals surface area contributed by atoms with Gasteiger partial charge in [-0.25, -0.2) is 0 Å². The molecule has 0 spiro atoms. The van der Waals surface area contributed by atoms with Crippen LogP contribution in [0.15, 0.2) is 6.07 Å². The molecule has 0 amide bonds. The van der Waals surface area contributed by atoms with Gasteiger partial charge < -0.3 is 21.1 Å². The Balaban J connectivity index is 2.28. The predicted octanol–water partition coefficient (Wildman–Crippen LogP) is 5.36. The minimum atomic E-state index is -0.0973. The lowest BCUT2D eigenvalue weighted by atomic mass is 10.2. The molecule has 0 bridgehead atoms. The number of phenolic OH excluding ortho intramolecular Hbond substituents is 1. The van der Waals surface area contributed by atoms with Crippen LogP contribution in [0.3, 0.4) is 0 Å². The molecule has 2 aromatic rings. The van der Waals surface area contributed by atoms with Crippen LogP contribution in [0.5, 0.6) is 5.75 Å². The summed E-state index contributed by atoms with van der Waals surface area (Å²) in [6, 6.07) is 1.59. The highest BCUT2D eigenvalue weighted by atomic mass is 35.5. The molecule has 1 aromatic heterocycles. The fourth-order valence-corrected chi connectivity index (χ4v) is 2.72. The average molecular weight is 413 g/mol. The van der Waals surface area contributed by atoms with Gasteiger partial charge in [-0.2, -0.15) is 15.0 Å². The number of halogens is 2. The predicted molar refractivity (Wildman–Crippen MR) is 113 cm³/mol. The molecule has 0 aliphatic heterocycles. The summed E-state index contributed by atoms with van der Waals surface area (Å²) in [6.45, 7) is 7.51. The zero-order chi connectivity index (χ0) is 19.8. The topological polar surface area (TPSA) is 95.0 Å². The maximum Gasteiger partial charge on any atom is 0.233 e. The van der Waals surface area contributed by atoms with Gasteiger partial charge >= 0.3 is 0 Å². The molecular formula is C18H26Cl2N6O. The second-order valence-electron chi connectivity index (χ2n) is 6.19. The van der Waals surface area contributed by atoms with E-state index in [1.807, 2.05) is 0 Å². The largest absolute Gasteiger partial charge is 0.504 e. The lowest BCUT2D eigenvalue weighted by Crippen LogP contribution is -2.12. The van der Waals surface area contributed by atoms with E-state index in [1.54, 1.807) is 13.0 Å². The van der Waals surface area contributed by atoms with Crippen molar-refractivity contribution in [3.8, 4) is 5.75 Å². The molecule has 0 aliphatic rings. The molecular weight excluding hydrogens is 387 g/mol. The van der Waals surface area contributed by atoms with Crippen molar-refractivity contribution >= 4 is 46.7 Å². The van der Waals surface area contributed by atoms with E-state index in [9.17, 15) is 5.11 Å². The fourth-order valence-electron chi connectivity index (χ4n) is 2.26. The van der Waals surface area contributed by atoms with Crippen molar-refractivity contribution in [2.75, 3.05) is 29.0 Å². The van der Waals surface area contributed by atoms with E-state index in [-0.39, 0.29) is 16.7 Å². The van der Waals surface area contributed by atoms with E-state index in [0.717, 1.165) is 38.8 Å². The number of anilines is 4. The fraction of sp³-hybridized carbons (Fsp3) is 0.500. The van der Waals surface area contributed by atoms with E-state index in [4.69, 9.17) is 23.2 Å². The SMILES string of the molecule is CCCCNc1nc(NCCCC)nc(Nc2cc(Cl)c(C)c(Cl)c2O)n1. The van der Waals surface area contributed by atoms with Gasteiger partial charge in [0.05, 0.1) is 10.7 Å². The first-order chi connectivity index (χ1) is 13.0. The molecule has 0 saturated carbocycles. The first-order valence-electron chi connectivity index (χ1n) is 9.14. The zero-order valence-corrected chi connectivity index (χ0v) is 17.4. The smallest absolute Gasteiger partial charge is 0.233 e. The number of nitrogens with zero attached hydrogens (tertiary/aromatic N) is 3. The van der Waals surface area contributed by atoms with Gasteiger partial charge in [-0.3, -0.25) is 0 Å². The standard InChI is InChI=1S/C18H26Cl2N6O/c1-4-6-8-21-16-24-17(22-9-7-5-2)26-18(25-16)23-13-10-12(19)11(3)14(20)15(13)27/h10,27H,4-9H2,1-3H3,(H3,21,22,23,24,25,26). The van der Waals surface area contributed by atoms with Crippen molar-refractivity contribution in [3.63, 3.8) is 0 Å². The minimum Gasteiger partial charge on any atom is -0.504 e. The van der Waals surface area contributed by atoms with Gasteiger partial charge in [-0.05, 0) is 31.4 Å². The second kappa shape index (κ2) is 10.4. The second-order valence-corrected chi connectivity index (χ2v) is 6.97. The summed E-state index contributed by atoms with van der Waals surface area (Å²) >= 11 is 12.3. The molecule has 0 aliphatic carbocycles. The van der Waals surface area contributed by atoms with Crippen LogP contribution in [0, 0.1) is 6.92 Å². The third-order valence-corrected chi connectivity index (χ3v) is 4.79. The van der Waals surface area contributed by atoms with Crippen molar-refractivity contribution in [1.29, 1.82) is 0 Å². The summed E-state index contributed by atoms with van der Waals surface area (Å²) < 4.78 is 0. The third-order valence-electron chi connectivity index (χ3n) is 3.93. The molecule has 4 N–H and O–H groups in total. The summed E-state index contributed by atoms with van der Waals surface area (Å²) in [5.74, 6) is 1.11. The van der Waals surface area contributed by atoms with Gasteiger partial charge in [0, 0.05) is 18.1 Å². The summed E-state index contributed by atoms with van der Waals surface area (Å²) in [6.07, 6.45) is 4.16. The molecule has 0 saturated heterocycles. The summed E-state index contributed by atoms with van der Waals surface area (Å²) in [5, 5.41) is 20.3. The minimum absolute atomic E-state index is 0.0973. The zero-order valence-electron chi connectivity index (χ0n) is 15.9. The Bertz CT molecular complexity index is 744. The van der Waals surface area contributed by atoms with Crippen LogP contribution in [0.2, 0.25) is 10.0 Å². The molecule has 1 aromatic carbocycles. The van der Waals surface area contributed by atoms with E-state index in [2.05, 4.69) is 44.7 Å². The Kier molecular flexibility index (Phi) is 8.19. The Hall–Kier alpha value is -1.99. The highest BCUT2D eigenvalue weighted by molar-refractivity contribution is 6.37. The highest BCUT2D eigenvalue weighted by Crippen LogP contribution is 2.39. The van der Waals surface area contributed by atoms with E-state index < -0.39 is 0 Å². The van der Waals surface area contributed by atoms with Gasteiger partial charge in [0.2, 0.25) is 17.8 Å². The van der Waals surface area contributed by atoms with Crippen molar-refractivity contribution in [3.05, 3.63) is 21.7 Å². The van der Waals surface area contributed by atoms with Gasteiger partial charge in [0.15, 0.2) is 5.75 Å². The maximum atomic E-state index is 10.3. The van der Waals surface area contributed by atoms with Crippen LogP contribution in [0.1, 0.15) is 45.1 Å². The molecule has 0 unspecified atom stereocenters. The van der Waals surface area contributed by atoms with Crippen LogP contribution >= 0.6 is 23.2 Å². The molecule has 0 fully saturated rings. The van der Waals surface area contributed by atoms with Gasteiger partial charge in [-0.15, -0.1) is 0 Å². The van der Waals surface area contributed by atoms with Crippen molar-refractivity contribution in [2.45, 2.75) is 46.5 Å². The van der Waals surface area contributed by atoms with Gasteiger partial charge in [-0.1, -0.05) is 49.9 Å². The molecule has 0 atom stereocenters. The first kappa shape index (κ1) is 21.3. The van der Waals surface area contributed by atoms with Crippen LogP contribution in [-0.4, -0.2) is 33.1 Å². The highest BCUT2D eigenvalue weighted by Gasteiger charge is 2.15. The van der Waals surface area contributed by atoms with Crippen LogP contribution in [-0.2, 0) is 0 Å². The van der Waals surface area contributed by atoms with E-state index in [0.29, 0.717) is 28.2 Å². The van der Waals surface area contributed by atoms with Crippen LogP contribution < -0.4 is 16.0 Å². The molecule has 27 heavy (non-hydrogen) atoms. The number of unbranched alkanes of at least 4 members (excludes halogenated alkanes) is 2. The number of hydrogen-bond donors (Lipinski definition) is 4. The molecule has 1 heterocycles. The van der Waals surface area contributed by atoms with Crippen molar-refractivity contribution < 1.29 is 5.11 Å². The number of phenols is 1. The van der Waals surface area contributed by atoms with Gasteiger partial charge in [0.25, 0.3) is 0 Å². The van der Waals surface area contributed by atoms with E-state index in [1.165, 1.54) is 0 Å². The monoisotopic (exact) mass is 412 g/mol. The van der Waals surface area contributed by atoms with Crippen LogP contribution in [0.25, 0.3) is 0 Å². The Labute approximate surface area is 169 Å². The molecule has 9 heteroatoms. The Morgan fingerprint density at radius 2 is 1.44 bits per heavy atom. The molecule has 148 valence electrons. The van der Waals surface area contributed by atoms with Gasteiger partial charge in [0.1, 0.15) is 0 Å². The maximum absolute atomic E-state index is 10.3. The summed E-state index contributed by atoms with van der Waals surface area (Å²) in [5.41, 5.74) is 0.946. The number of nitrogens with one attached hydrogen (secondary N) is 3. The average Bonchev–Trinajstić information content (AvgIpc) is 2.65. The summed E-state index contributed by atoms with van der Waals surface area (Å²) in [7, 11) is 0. The number of benzene rings is 1. The van der Waals surface area contributed by atoms with Crippen LogP contribution in [0.4, 0.5) is 23.5 Å². The lowest BCUT2D eigenvalue weighted by Gasteiger charge is -2.13. The Morgan fingerprint density at radius 1 is 0.926 bits per heavy atom. The normalized spacial score (nSPS) is 10.7. The number of aromatic nitrogens is 3. The third kappa shape index (κ3) is 6.01. The number of hydrogen-bond acceptors (Lipinski definition) is 7. The van der Waals surface area contributed by atoms with Crippen molar-refractivity contribution in [1.82, 2.24) is 15.0 Å². The Morgan fingerprint density at radius 3 is 1.96 bits per heavy atom.